The lowest BCUT2D eigenvalue weighted by molar-refractivity contribution is 0.0565. The van der Waals surface area contributed by atoms with Gasteiger partial charge in [0, 0.05) is 24.3 Å². The highest BCUT2D eigenvalue weighted by Gasteiger charge is 2.31. The van der Waals surface area contributed by atoms with Crippen LogP contribution in [0.5, 0.6) is 0 Å². The molecule has 0 N–H and O–H groups in total. The van der Waals surface area contributed by atoms with E-state index >= 15 is 0 Å². The van der Waals surface area contributed by atoms with Gasteiger partial charge in [-0.25, -0.2) is 9.78 Å². The summed E-state index contributed by atoms with van der Waals surface area (Å²) in [6.07, 6.45) is 5.16. The van der Waals surface area contributed by atoms with Crippen LogP contribution in [0.4, 0.5) is 10.6 Å². The molecule has 2 aromatic rings. The zero-order valence-corrected chi connectivity index (χ0v) is 19.9. The van der Waals surface area contributed by atoms with Crippen molar-refractivity contribution in [2.75, 3.05) is 11.4 Å². The van der Waals surface area contributed by atoms with Crippen molar-refractivity contribution in [2.45, 2.75) is 78.0 Å². The number of likely N-dealkylation sites (tertiary alicyclic amines) is 1. The third-order valence-electron chi connectivity index (χ3n) is 5.81. The molecule has 0 unspecified atom stereocenters. The Bertz CT molecular complexity index is 906. The van der Waals surface area contributed by atoms with Crippen LogP contribution >= 0.6 is 0 Å². The first-order valence-corrected chi connectivity index (χ1v) is 11.6. The molecule has 6 nitrogen and oxygen atoms in total. The van der Waals surface area contributed by atoms with Crippen LogP contribution in [0.25, 0.3) is 0 Å². The van der Waals surface area contributed by atoms with Crippen LogP contribution in [0.15, 0.2) is 48.7 Å². The standard InChI is InChI=1S/C26H35N3O3/c1-6-19(2)29(25(31)32-26(3,4)5)23-16-15-21(18-27-23)22-14-10-11-17-28(22)24(30)20-12-8-7-9-13-20/h7-9,12-13,15-16,18-19,22H,6,10-11,14,17H2,1-5H3/t19-,22-/m1/s1. The summed E-state index contributed by atoms with van der Waals surface area (Å²) in [4.78, 5) is 34.2. The van der Waals surface area contributed by atoms with E-state index < -0.39 is 11.7 Å². The van der Waals surface area contributed by atoms with E-state index in [-0.39, 0.29) is 18.0 Å². The molecule has 0 bridgehead atoms. The molecule has 2 amide bonds. The molecule has 1 aromatic carbocycles. The second-order valence-electron chi connectivity index (χ2n) is 9.43. The largest absolute Gasteiger partial charge is 0.443 e. The van der Waals surface area contributed by atoms with Crippen LogP contribution in [0.3, 0.4) is 0 Å². The summed E-state index contributed by atoms with van der Waals surface area (Å²) in [6.45, 7) is 10.3. The van der Waals surface area contributed by atoms with Crippen molar-refractivity contribution in [3.8, 4) is 0 Å². The van der Waals surface area contributed by atoms with E-state index in [1.165, 1.54) is 0 Å². The maximum Gasteiger partial charge on any atom is 0.416 e. The highest BCUT2D eigenvalue weighted by Crippen LogP contribution is 2.33. The molecule has 172 valence electrons. The fourth-order valence-corrected chi connectivity index (χ4v) is 4.00. The molecule has 0 saturated carbocycles. The van der Waals surface area contributed by atoms with Gasteiger partial charge >= 0.3 is 6.09 Å². The summed E-state index contributed by atoms with van der Waals surface area (Å²) < 4.78 is 5.62. The SMILES string of the molecule is CC[C@@H](C)N(C(=O)OC(C)(C)C)c1ccc([C@H]2CCCCN2C(=O)c2ccccc2)cn1. The van der Waals surface area contributed by atoms with Gasteiger partial charge < -0.3 is 9.64 Å². The third kappa shape index (κ3) is 5.67. The zero-order valence-electron chi connectivity index (χ0n) is 19.9. The van der Waals surface area contributed by atoms with Crippen LogP contribution in [0.2, 0.25) is 0 Å². The topological polar surface area (TPSA) is 62.7 Å². The number of hydrogen-bond acceptors (Lipinski definition) is 4. The summed E-state index contributed by atoms with van der Waals surface area (Å²) in [7, 11) is 0. The van der Waals surface area contributed by atoms with Crippen molar-refractivity contribution in [3.05, 3.63) is 59.8 Å². The normalized spacial score (nSPS) is 17.5. The van der Waals surface area contributed by atoms with Crippen molar-refractivity contribution in [3.63, 3.8) is 0 Å². The fraction of sp³-hybridized carbons (Fsp3) is 0.500. The molecule has 1 saturated heterocycles. The molecule has 1 fully saturated rings. The van der Waals surface area contributed by atoms with Crippen molar-refractivity contribution in [1.29, 1.82) is 0 Å². The maximum absolute atomic E-state index is 13.1. The zero-order chi connectivity index (χ0) is 23.3. The van der Waals surface area contributed by atoms with Gasteiger partial charge in [0.1, 0.15) is 11.4 Å². The first-order valence-electron chi connectivity index (χ1n) is 11.6. The number of aromatic nitrogens is 1. The molecule has 2 atom stereocenters. The molecule has 2 heterocycles. The van der Waals surface area contributed by atoms with E-state index in [1.807, 2.05) is 82.0 Å². The molecule has 6 heteroatoms. The number of hydrogen-bond donors (Lipinski definition) is 0. The summed E-state index contributed by atoms with van der Waals surface area (Å²) >= 11 is 0. The Balaban J connectivity index is 1.84. The first-order chi connectivity index (χ1) is 15.2. The lowest BCUT2D eigenvalue weighted by Gasteiger charge is -2.36. The van der Waals surface area contributed by atoms with Crippen LogP contribution in [-0.2, 0) is 4.74 Å². The number of carbonyl (C=O) groups is 2. The smallest absolute Gasteiger partial charge is 0.416 e. The summed E-state index contributed by atoms with van der Waals surface area (Å²) in [5.74, 6) is 0.614. The first kappa shape index (κ1) is 23.8. The Labute approximate surface area is 191 Å². The van der Waals surface area contributed by atoms with Crippen LogP contribution in [-0.4, -0.2) is 40.1 Å². The average molecular weight is 438 g/mol. The average Bonchev–Trinajstić information content (AvgIpc) is 2.78. The molecule has 32 heavy (non-hydrogen) atoms. The molecule has 0 aliphatic carbocycles. The molecule has 0 spiro atoms. The second kappa shape index (κ2) is 10.2. The Morgan fingerprint density at radius 2 is 1.88 bits per heavy atom. The molecular weight excluding hydrogens is 402 g/mol. The summed E-state index contributed by atoms with van der Waals surface area (Å²) in [6, 6.07) is 13.2. The summed E-state index contributed by atoms with van der Waals surface area (Å²) in [5.41, 5.74) is 1.12. The van der Waals surface area contributed by atoms with Crippen LogP contribution in [0, 0.1) is 0 Å². The van der Waals surface area contributed by atoms with Crippen molar-refractivity contribution in [2.24, 2.45) is 0 Å². The Morgan fingerprint density at radius 3 is 2.47 bits per heavy atom. The number of piperidine rings is 1. The van der Waals surface area contributed by atoms with Gasteiger partial charge in [-0.2, -0.15) is 0 Å². The Morgan fingerprint density at radius 1 is 1.16 bits per heavy atom. The van der Waals surface area contributed by atoms with Gasteiger partial charge in [-0.15, -0.1) is 0 Å². The van der Waals surface area contributed by atoms with Crippen LogP contribution < -0.4 is 4.90 Å². The third-order valence-corrected chi connectivity index (χ3v) is 5.81. The highest BCUT2D eigenvalue weighted by atomic mass is 16.6. The lowest BCUT2D eigenvalue weighted by atomic mass is 9.95. The van der Waals surface area contributed by atoms with Crippen molar-refractivity contribution in [1.82, 2.24) is 9.88 Å². The predicted molar refractivity (Wildman–Crippen MR) is 127 cm³/mol. The van der Waals surface area contributed by atoms with Gasteiger partial charge in [0.15, 0.2) is 0 Å². The molecule has 0 radical (unpaired) electrons. The molecule has 1 aromatic heterocycles. The van der Waals surface area contributed by atoms with Crippen molar-refractivity contribution < 1.29 is 14.3 Å². The Hall–Kier alpha value is -2.89. The lowest BCUT2D eigenvalue weighted by Crippen LogP contribution is -2.42. The number of rotatable bonds is 5. The van der Waals surface area contributed by atoms with E-state index in [0.29, 0.717) is 11.4 Å². The number of ether oxygens (including phenoxy) is 1. The number of amides is 2. The van der Waals surface area contributed by atoms with E-state index in [9.17, 15) is 9.59 Å². The molecule has 1 aliphatic heterocycles. The van der Waals surface area contributed by atoms with Gasteiger partial charge in [0.05, 0.1) is 6.04 Å². The number of nitrogens with zero attached hydrogens (tertiary/aromatic N) is 3. The monoisotopic (exact) mass is 437 g/mol. The van der Waals surface area contributed by atoms with Gasteiger partial charge in [-0.3, -0.25) is 9.69 Å². The van der Waals surface area contributed by atoms with E-state index in [1.54, 1.807) is 11.1 Å². The van der Waals surface area contributed by atoms with Gasteiger partial charge in [0.25, 0.3) is 5.91 Å². The van der Waals surface area contributed by atoms with Crippen molar-refractivity contribution >= 4 is 17.8 Å². The second-order valence-corrected chi connectivity index (χ2v) is 9.43. The van der Waals surface area contributed by atoms with E-state index in [2.05, 4.69) is 4.98 Å². The minimum atomic E-state index is -0.580. The molecular formula is C26H35N3O3. The number of pyridine rings is 1. The fourth-order valence-electron chi connectivity index (χ4n) is 4.00. The highest BCUT2D eigenvalue weighted by molar-refractivity contribution is 5.94. The maximum atomic E-state index is 13.1. The quantitative estimate of drug-likeness (QED) is 0.576. The predicted octanol–water partition coefficient (Wildman–Crippen LogP) is 5.99. The minimum absolute atomic E-state index is 0.0171. The van der Waals surface area contributed by atoms with Crippen LogP contribution in [0.1, 0.15) is 82.3 Å². The van der Waals surface area contributed by atoms with E-state index in [0.717, 1.165) is 37.8 Å². The minimum Gasteiger partial charge on any atom is -0.443 e. The Kier molecular flexibility index (Phi) is 7.54. The molecule has 3 rings (SSSR count). The van der Waals surface area contributed by atoms with E-state index in [4.69, 9.17) is 4.74 Å². The molecule has 1 aliphatic rings. The summed E-state index contributed by atoms with van der Waals surface area (Å²) in [5, 5.41) is 0. The van der Waals surface area contributed by atoms with Gasteiger partial charge in [0.2, 0.25) is 0 Å². The number of carbonyl (C=O) groups excluding carboxylic acids is 2. The van der Waals surface area contributed by atoms with Gasteiger partial charge in [-0.1, -0.05) is 31.2 Å². The number of anilines is 1. The number of benzene rings is 1. The van der Waals surface area contributed by atoms with Gasteiger partial charge in [-0.05, 0) is 77.1 Å².